The molecular formula is C23H30N6O4. The van der Waals surface area contributed by atoms with Gasteiger partial charge >= 0.3 is 0 Å². The number of primary amides is 1. The summed E-state index contributed by atoms with van der Waals surface area (Å²) in [6.07, 6.45) is 7.49. The molecule has 0 bridgehead atoms. The number of carbonyl (C=O) groups excluding carboxylic acids is 3. The van der Waals surface area contributed by atoms with Crippen LogP contribution in [-0.4, -0.2) is 63.1 Å². The molecule has 2 aliphatic carbocycles. The number of aromatic nitrogens is 3. The number of amides is 3. The predicted octanol–water partition coefficient (Wildman–Crippen LogP) is 0.728. The van der Waals surface area contributed by atoms with Gasteiger partial charge in [0.15, 0.2) is 0 Å². The number of ether oxygens (including phenoxy) is 1. The Morgan fingerprint density at radius 3 is 2.70 bits per heavy atom. The summed E-state index contributed by atoms with van der Waals surface area (Å²) in [5.74, 6) is -0.535. The van der Waals surface area contributed by atoms with E-state index in [1.165, 1.54) is 4.90 Å². The number of nitrogens with two attached hydrogens (primary N) is 1. The van der Waals surface area contributed by atoms with Gasteiger partial charge in [0.25, 0.3) is 5.91 Å². The lowest BCUT2D eigenvalue weighted by Crippen LogP contribution is -2.61. The molecule has 1 atom stereocenters. The fourth-order valence-electron chi connectivity index (χ4n) is 5.06. The molecule has 4 rings (SSSR count). The molecule has 0 aliphatic heterocycles. The molecule has 0 saturated heterocycles. The van der Waals surface area contributed by atoms with Gasteiger partial charge in [-0.3, -0.25) is 24.0 Å². The molecule has 2 aliphatic rings. The minimum Gasteiger partial charge on any atom is -0.474 e. The van der Waals surface area contributed by atoms with E-state index in [2.05, 4.69) is 15.4 Å². The van der Waals surface area contributed by atoms with Crippen LogP contribution < -0.4 is 15.8 Å². The van der Waals surface area contributed by atoms with Crippen molar-refractivity contribution in [2.45, 2.75) is 57.2 Å². The van der Waals surface area contributed by atoms with E-state index in [1.54, 1.807) is 36.3 Å². The summed E-state index contributed by atoms with van der Waals surface area (Å²) in [5, 5.41) is 7.28. The highest BCUT2D eigenvalue weighted by molar-refractivity contribution is 5.95. The van der Waals surface area contributed by atoms with Crippen molar-refractivity contribution < 1.29 is 19.1 Å². The maximum atomic E-state index is 13.1. The highest BCUT2D eigenvalue weighted by Crippen LogP contribution is 2.58. The number of hydrogen-bond donors (Lipinski definition) is 2. The molecule has 2 aromatic heterocycles. The van der Waals surface area contributed by atoms with Crippen molar-refractivity contribution in [1.82, 2.24) is 25.0 Å². The van der Waals surface area contributed by atoms with Crippen molar-refractivity contribution in [2.75, 3.05) is 7.05 Å². The average Bonchev–Trinajstić information content (AvgIpc) is 3.06. The summed E-state index contributed by atoms with van der Waals surface area (Å²) in [7, 11) is 3.59. The number of nitrogens with one attached hydrogen (secondary N) is 1. The van der Waals surface area contributed by atoms with Crippen LogP contribution in [0.3, 0.4) is 0 Å². The van der Waals surface area contributed by atoms with Crippen molar-refractivity contribution in [1.29, 1.82) is 0 Å². The zero-order valence-electron chi connectivity index (χ0n) is 19.2. The zero-order valence-corrected chi connectivity index (χ0v) is 19.2. The van der Waals surface area contributed by atoms with Gasteiger partial charge in [0.05, 0.1) is 12.2 Å². The third kappa shape index (κ3) is 4.35. The van der Waals surface area contributed by atoms with Gasteiger partial charge in [0.2, 0.25) is 18.2 Å². The first-order valence-corrected chi connectivity index (χ1v) is 11.1. The minimum atomic E-state index is -0.573. The van der Waals surface area contributed by atoms with Crippen molar-refractivity contribution in [3.63, 3.8) is 0 Å². The molecule has 0 radical (unpaired) electrons. The Bertz CT molecular complexity index is 1050. The largest absolute Gasteiger partial charge is 0.474 e. The van der Waals surface area contributed by atoms with Crippen LogP contribution in [0.1, 0.15) is 47.3 Å². The Labute approximate surface area is 192 Å². The van der Waals surface area contributed by atoms with E-state index in [0.29, 0.717) is 12.8 Å². The molecule has 1 spiro atoms. The van der Waals surface area contributed by atoms with E-state index in [0.717, 1.165) is 36.9 Å². The van der Waals surface area contributed by atoms with Crippen molar-refractivity contribution in [2.24, 2.45) is 18.2 Å². The van der Waals surface area contributed by atoms with E-state index >= 15 is 0 Å². The molecular weight excluding hydrogens is 424 g/mol. The number of imide groups is 1. The van der Waals surface area contributed by atoms with Crippen LogP contribution in [0.5, 0.6) is 5.88 Å². The van der Waals surface area contributed by atoms with Gasteiger partial charge in [-0.15, -0.1) is 0 Å². The molecule has 176 valence electrons. The van der Waals surface area contributed by atoms with E-state index < -0.39 is 11.9 Å². The van der Waals surface area contributed by atoms with Gasteiger partial charge in [-0.1, -0.05) is 0 Å². The molecule has 10 nitrogen and oxygen atoms in total. The number of hydrogen-bond acceptors (Lipinski definition) is 7. The lowest BCUT2D eigenvalue weighted by molar-refractivity contribution is -0.156. The summed E-state index contributed by atoms with van der Waals surface area (Å²) in [4.78, 5) is 42.0. The van der Waals surface area contributed by atoms with Gasteiger partial charge in [-0.25, -0.2) is 4.98 Å². The standard InChI is InChI=1S/C23H30N6O4/c1-14-15(12-27-28(14)3)7-19(25-2)22(32)29(13-30)16-8-23(9-16)10-17(11-23)33-21-18(20(24)31)5-4-6-26-21/h4-6,12-13,16-17,19,25H,7-11H2,1-3H3,(H2,24,31)/t16-,17-,19?,23?. The van der Waals surface area contributed by atoms with Crippen molar-refractivity contribution in [3.8, 4) is 5.88 Å². The fraction of sp³-hybridized carbons (Fsp3) is 0.522. The van der Waals surface area contributed by atoms with E-state index in [1.807, 2.05) is 14.0 Å². The Hall–Kier alpha value is -3.27. The topological polar surface area (TPSA) is 132 Å². The third-order valence-electron chi connectivity index (χ3n) is 7.14. The van der Waals surface area contributed by atoms with Crippen LogP contribution in [0.2, 0.25) is 0 Å². The molecule has 10 heteroatoms. The monoisotopic (exact) mass is 454 g/mol. The SMILES string of the molecule is CNC(Cc1cnn(C)c1C)C(=O)N(C=O)[C@H]1CC2(C[C@H](Oc3ncccc3C(N)=O)C2)C1. The first kappa shape index (κ1) is 22.9. The molecule has 1 unspecified atom stereocenters. The van der Waals surface area contributed by atoms with Gasteiger partial charge < -0.3 is 15.8 Å². The fourth-order valence-corrected chi connectivity index (χ4v) is 5.06. The molecule has 2 saturated carbocycles. The first-order chi connectivity index (χ1) is 15.8. The molecule has 3 amide bonds. The molecule has 3 N–H and O–H groups in total. The third-order valence-corrected chi connectivity index (χ3v) is 7.14. The summed E-state index contributed by atoms with van der Waals surface area (Å²) < 4.78 is 7.67. The van der Waals surface area contributed by atoms with Gasteiger partial charge in [-0.05, 0) is 62.8 Å². The Morgan fingerprint density at radius 1 is 1.39 bits per heavy atom. The molecule has 0 aromatic carbocycles. The lowest BCUT2D eigenvalue weighted by Gasteiger charge is -2.58. The molecule has 33 heavy (non-hydrogen) atoms. The Balaban J connectivity index is 1.32. The highest BCUT2D eigenvalue weighted by atomic mass is 16.5. The van der Waals surface area contributed by atoms with Crippen LogP contribution in [0.25, 0.3) is 0 Å². The number of aryl methyl sites for hydroxylation is 1. The second kappa shape index (κ2) is 8.93. The van der Waals surface area contributed by atoms with Gasteiger partial charge in [0.1, 0.15) is 11.7 Å². The molecule has 2 fully saturated rings. The lowest BCUT2D eigenvalue weighted by atomic mass is 9.52. The van der Waals surface area contributed by atoms with Crippen LogP contribution >= 0.6 is 0 Å². The quantitative estimate of drug-likeness (QED) is 0.534. The summed E-state index contributed by atoms with van der Waals surface area (Å²) in [6.45, 7) is 1.96. The maximum absolute atomic E-state index is 13.1. The zero-order chi connectivity index (χ0) is 23.8. The number of rotatable bonds is 9. The Morgan fingerprint density at radius 2 is 2.12 bits per heavy atom. The van der Waals surface area contributed by atoms with E-state index in [9.17, 15) is 14.4 Å². The number of likely N-dealkylation sites (N-methyl/N-ethyl adjacent to an activating group) is 1. The van der Waals surface area contributed by atoms with Crippen LogP contribution in [0, 0.1) is 12.3 Å². The minimum absolute atomic E-state index is 0.0575. The van der Waals surface area contributed by atoms with Crippen LogP contribution in [0.4, 0.5) is 0 Å². The van der Waals surface area contributed by atoms with Gasteiger partial charge in [0, 0.05) is 31.4 Å². The summed E-state index contributed by atoms with van der Waals surface area (Å²) in [6, 6.07) is 2.63. The number of nitrogens with zero attached hydrogens (tertiary/aromatic N) is 4. The maximum Gasteiger partial charge on any atom is 0.254 e. The second-order valence-electron chi connectivity index (χ2n) is 9.21. The van der Waals surface area contributed by atoms with Crippen LogP contribution in [0.15, 0.2) is 24.5 Å². The van der Waals surface area contributed by atoms with Crippen molar-refractivity contribution >= 4 is 18.2 Å². The smallest absolute Gasteiger partial charge is 0.254 e. The van der Waals surface area contributed by atoms with Crippen molar-refractivity contribution in [3.05, 3.63) is 41.3 Å². The highest BCUT2D eigenvalue weighted by Gasteiger charge is 2.56. The number of pyridine rings is 1. The Kier molecular flexibility index (Phi) is 6.20. The normalized spacial score (nSPS) is 24.5. The summed E-state index contributed by atoms with van der Waals surface area (Å²) >= 11 is 0. The van der Waals surface area contributed by atoms with Crippen LogP contribution in [-0.2, 0) is 23.1 Å². The average molecular weight is 455 g/mol. The summed E-state index contributed by atoms with van der Waals surface area (Å²) in [5.41, 5.74) is 7.69. The van der Waals surface area contributed by atoms with Gasteiger partial charge in [-0.2, -0.15) is 5.10 Å². The molecule has 2 aromatic rings. The number of carbonyl (C=O) groups is 3. The predicted molar refractivity (Wildman–Crippen MR) is 119 cm³/mol. The van der Waals surface area contributed by atoms with E-state index in [4.69, 9.17) is 10.5 Å². The first-order valence-electron chi connectivity index (χ1n) is 11.1. The second-order valence-corrected chi connectivity index (χ2v) is 9.21. The molecule has 2 heterocycles. The van der Waals surface area contributed by atoms with E-state index in [-0.39, 0.29) is 34.9 Å².